The molecule has 1 N–H and O–H groups in total. The van der Waals surface area contributed by atoms with Gasteiger partial charge >= 0.3 is 0 Å². The number of ether oxygens (including phenoxy) is 1. The van der Waals surface area contributed by atoms with Crippen LogP contribution in [-0.2, 0) is 11.4 Å². The van der Waals surface area contributed by atoms with Crippen molar-refractivity contribution in [2.24, 2.45) is 0 Å². The smallest absolute Gasteiger partial charge is 0.266 e. The van der Waals surface area contributed by atoms with E-state index in [9.17, 15) is 10.1 Å². The molecule has 0 bridgehead atoms. The summed E-state index contributed by atoms with van der Waals surface area (Å²) in [4.78, 5) is 12.7. The van der Waals surface area contributed by atoms with Crippen LogP contribution >= 0.6 is 15.9 Å². The van der Waals surface area contributed by atoms with Crippen LogP contribution in [0.5, 0.6) is 5.75 Å². The number of carbonyl (C=O) groups is 1. The van der Waals surface area contributed by atoms with E-state index in [-0.39, 0.29) is 5.57 Å². The van der Waals surface area contributed by atoms with Crippen molar-refractivity contribution >= 4 is 33.6 Å². The van der Waals surface area contributed by atoms with Gasteiger partial charge in [0.15, 0.2) is 0 Å². The van der Waals surface area contributed by atoms with E-state index in [1.54, 1.807) is 6.08 Å². The molecular weight excluding hydrogens is 464 g/mol. The summed E-state index contributed by atoms with van der Waals surface area (Å²) in [6, 6.07) is 19.7. The molecule has 0 saturated heterocycles. The molecular formula is C27H25BrN2O2. The van der Waals surface area contributed by atoms with Gasteiger partial charge in [0.25, 0.3) is 5.91 Å². The number of aryl methyl sites for hydroxylation is 4. The Hall–Kier alpha value is -3.36. The van der Waals surface area contributed by atoms with E-state index >= 15 is 0 Å². The number of benzene rings is 3. The van der Waals surface area contributed by atoms with Gasteiger partial charge in [0.2, 0.25) is 0 Å². The number of amides is 1. The lowest BCUT2D eigenvalue weighted by atomic mass is 10.0. The second-order valence-electron chi connectivity index (χ2n) is 7.84. The molecule has 32 heavy (non-hydrogen) atoms. The fraction of sp³-hybridized carbons (Fsp3) is 0.185. The van der Waals surface area contributed by atoms with Gasteiger partial charge in [-0.15, -0.1) is 0 Å². The monoisotopic (exact) mass is 488 g/mol. The van der Waals surface area contributed by atoms with Crippen LogP contribution in [0.3, 0.4) is 0 Å². The average molecular weight is 489 g/mol. The van der Waals surface area contributed by atoms with Gasteiger partial charge in [-0.2, -0.15) is 5.26 Å². The molecule has 162 valence electrons. The maximum Gasteiger partial charge on any atom is 0.266 e. The quantitative estimate of drug-likeness (QED) is 0.306. The molecule has 3 aromatic carbocycles. The largest absolute Gasteiger partial charge is 0.488 e. The molecule has 0 aliphatic rings. The lowest BCUT2D eigenvalue weighted by molar-refractivity contribution is -0.112. The number of nitrogens with zero attached hydrogens (tertiary/aromatic N) is 1. The Morgan fingerprint density at radius 2 is 1.66 bits per heavy atom. The maximum atomic E-state index is 12.7. The molecule has 3 rings (SSSR count). The second-order valence-corrected chi connectivity index (χ2v) is 8.76. The van der Waals surface area contributed by atoms with Gasteiger partial charge in [0.1, 0.15) is 24.0 Å². The Kier molecular flexibility index (Phi) is 7.50. The molecule has 0 spiro atoms. The molecule has 5 heteroatoms. The topological polar surface area (TPSA) is 62.1 Å². The summed E-state index contributed by atoms with van der Waals surface area (Å²) in [5.74, 6) is 0.385. The van der Waals surface area contributed by atoms with Gasteiger partial charge in [-0.05, 0) is 97.5 Å². The molecule has 0 atom stereocenters. The SMILES string of the molecule is Cc1ccc(C)c(NC(=O)/C(C#N)=C/c2cc(C)c(OCc3ccc(Br)cc3)c(C)c2)c1. The molecule has 0 radical (unpaired) electrons. The Morgan fingerprint density at radius 1 is 1.00 bits per heavy atom. The van der Waals surface area contributed by atoms with Crippen LogP contribution in [0.25, 0.3) is 6.08 Å². The van der Waals surface area contributed by atoms with Crippen molar-refractivity contribution in [3.8, 4) is 11.8 Å². The number of hydrogen-bond donors (Lipinski definition) is 1. The van der Waals surface area contributed by atoms with Crippen molar-refractivity contribution in [1.82, 2.24) is 0 Å². The van der Waals surface area contributed by atoms with E-state index < -0.39 is 5.91 Å². The number of hydrogen-bond acceptors (Lipinski definition) is 3. The van der Waals surface area contributed by atoms with Crippen molar-refractivity contribution in [2.45, 2.75) is 34.3 Å². The first kappa shape index (κ1) is 23.3. The summed E-state index contributed by atoms with van der Waals surface area (Å²) >= 11 is 3.44. The van der Waals surface area contributed by atoms with E-state index in [0.29, 0.717) is 12.3 Å². The Bertz CT molecular complexity index is 1200. The molecule has 0 saturated carbocycles. The van der Waals surface area contributed by atoms with Crippen molar-refractivity contribution in [3.63, 3.8) is 0 Å². The van der Waals surface area contributed by atoms with Crippen LogP contribution in [0.1, 0.15) is 33.4 Å². The number of nitrogens with one attached hydrogen (secondary N) is 1. The van der Waals surface area contributed by atoms with Gasteiger partial charge in [-0.3, -0.25) is 4.79 Å². The number of halogens is 1. The third kappa shape index (κ3) is 5.87. The van der Waals surface area contributed by atoms with E-state index in [2.05, 4.69) is 21.2 Å². The zero-order valence-electron chi connectivity index (χ0n) is 18.6. The average Bonchev–Trinajstić information content (AvgIpc) is 2.75. The number of rotatable bonds is 6. The van der Waals surface area contributed by atoms with Gasteiger partial charge in [0, 0.05) is 10.2 Å². The first-order valence-corrected chi connectivity index (χ1v) is 11.0. The maximum absolute atomic E-state index is 12.7. The predicted octanol–water partition coefficient (Wildman–Crippen LogP) is 6.81. The molecule has 0 unspecified atom stereocenters. The van der Waals surface area contributed by atoms with E-state index in [1.165, 1.54) is 0 Å². The molecule has 0 aliphatic heterocycles. The van der Waals surface area contributed by atoms with E-state index in [0.717, 1.165) is 43.6 Å². The van der Waals surface area contributed by atoms with Crippen LogP contribution in [-0.4, -0.2) is 5.91 Å². The predicted molar refractivity (Wildman–Crippen MR) is 133 cm³/mol. The van der Waals surface area contributed by atoms with Crippen molar-refractivity contribution in [3.05, 3.63) is 98.0 Å². The van der Waals surface area contributed by atoms with Crippen molar-refractivity contribution in [1.29, 1.82) is 5.26 Å². The molecule has 0 aliphatic carbocycles. The van der Waals surface area contributed by atoms with Crippen molar-refractivity contribution < 1.29 is 9.53 Å². The number of nitriles is 1. The minimum absolute atomic E-state index is 0.0493. The van der Waals surface area contributed by atoms with Crippen LogP contribution in [0.15, 0.2) is 64.6 Å². The zero-order valence-corrected chi connectivity index (χ0v) is 20.2. The van der Waals surface area contributed by atoms with E-state index in [1.807, 2.05) is 88.4 Å². The summed E-state index contributed by atoms with van der Waals surface area (Å²) in [6.45, 7) is 8.27. The third-order valence-electron chi connectivity index (χ3n) is 5.10. The third-order valence-corrected chi connectivity index (χ3v) is 5.63. The van der Waals surface area contributed by atoms with Crippen LogP contribution in [0.2, 0.25) is 0 Å². The highest BCUT2D eigenvalue weighted by Gasteiger charge is 2.13. The standard InChI is InChI=1S/C27H25BrN2O2/c1-17-5-6-18(2)25(11-17)30-27(31)23(15-29)14-22-12-19(3)26(20(4)13-22)32-16-21-7-9-24(28)10-8-21/h5-14H,16H2,1-4H3,(H,30,31)/b23-14+. The molecule has 3 aromatic rings. The highest BCUT2D eigenvalue weighted by molar-refractivity contribution is 9.10. The highest BCUT2D eigenvalue weighted by Crippen LogP contribution is 2.27. The Morgan fingerprint density at radius 3 is 2.28 bits per heavy atom. The first-order chi connectivity index (χ1) is 15.3. The van der Waals surface area contributed by atoms with Gasteiger partial charge in [-0.25, -0.2) is 0 Å². The summed E-state index contributed by atoms with van der Waals surface area (Å²) in [5.41, 5.74) is 6.49. The molecule has 0 fully saturated rings. The first-order valence-electron chi connectivity index (χ1n) is 10.3. The van der Waals surface area contributed by atoms with Crippen LogP contribution < -0.4 is 10.1 Å². The van der Waals surface area contributed by atoms with Crippen molar-refractivity contribution in [2.75, 3.05) is 5.32 Å². The minimum Gasteiger partial charge on any atom is -0.488 e. The van der Waals surface area contributed by atoms with Gasteiger partial charge in [0.05, 0.1) is 0 Å². The fourth-order valence-corrected chi connectivity index (χ4v) is 3.67. The Labute approximate surface area is 197 Å². The normalized spacial score (nSPS) is 11.1. The van der Waals surface area contributed by atoms with E-state index in [4.69, 9.17) is 4.74 Å². The fourth-order valence-electron chi connectivity index (χ4n) is 3.41. The lowest BCUT2D eigenvalue weighted by Crippen LogP contribution is -2.14. The zero-order chi connectivity index (χ0) is 23.3. The molecule has 0 heterocycles. The van der Waals surface area contributed by atoms with Crippen LogP contribution in [0, 0.1) is 39.0 Å². The van der Waals surface area contributed by atoms with Gasteiger partial charge in [-0.1, -0.05) is 40.2 Å². The number of anilines is 1. The lowest BCUT2D eigenvalue weighted by Gasteiger charge is -2.14. The molecule has 4 nitrogen and oxygen atoms in total. The summed E-state index contributed by atoms with van der Waals surface area (Å²) in [7, 11) is 0. The van der Waals surface area contributed by atoms with Crippen LogP contribution in [0.4, 0.5) is 5.69 Å². The summed E-state index contributed by atoms with van der Waals surface area (Å²) in [5, 5.41) is 12.4. The molecule has 1 amide bonds. The van der Waals surface area contributed by atoms with Gasteiger partial charge < -0.3 is 10.1 Å². The highest BCUT2D eigenvalue weighted by atomic mass is 79.9. The second kappa shape index (κ2) is 10.3. The summed E-state index contributed by atoms with van der Waals surface area (Å²) in [6.07, 6.45) is 1.61. The number of carbonyl (C=O) groups excluding carboxylic acids is 1. The minimum atomic E-state index is -0.424. The summed E-state index contributed by atoms with van der Waals surface area (Å²) < 4.78 is 7.08. The Balaban J connectivity index is 1.78. The molecule has 0 aromatic heterocycles.